The number of hydrogen-bond donors (Lipinski definition) is 3. The van der Waals surface area contributed by atoms with Gasteiger partial charge in [-0.05, 0) is 36.6 Å². The minimum Gasteiger partial charge on any atom is -0.357 e. The van der Waals surface area contributed by atoms with Crippen LogP contribution in [0.5, 0.6) is 0 Å². The molecule has 0 radical (unpaired) electrons. The first-order valence-corrected chi connectivity index (χ1v) is 6.73. The number of aromatic amines is 2. The predicted octanol–water partition coefficient (Wildman–Crippen LogP) is 2.45. The molecule has 3 N–H and O–H groups in total. The summed E-state index contributed by atoms with van der Waals surface area (Å²) in [5.41, 5.74) is 3.52. The Kier molecular flexibility index (Phi) is 2.39. The summed E-state index contributed by atoms with van der Waals surface area (Å²) in [6, 6.07) is 6.21. The SMILES string of the molecule is O=C(NC1CC1)c1cc(-c2ccnc3[nH]ccc23)c[nH]1. The van der Waals surface area contributed by atoms with Crippen molar-refractivity contribution >= 4 is 16.9 Å². The summed E-state index contributed by atoms with van der Waals surface area (Å²) in [5.74, 6) is -0.0295. The van der Waals surface area contributed by atoms with Gasteiger partial charge in [-0.2, -0.15) is 0 Å². The second-order valence-corrected chi connectivity index (χ2v) is 5.15. The average molecular weight is 266 g/mol. The van der Waals surface area contributed by atoms with E-state index in [1.165, 1.54) is 0 Å². The fourth-order valence-corrected chi connectivity index (χ4v) is 2.38. The predicted molar refractivity (Wildman–Crippen MR) is 76.4 cm³/mol. The Morgan fingerprint density at radius 2 is 2.20 bits per heavy atom. The van der Waals surface area contributed by atoms with Crippen molar-refractivity contribution in [3.8, 4) is 11.1 Å². The lowest BCUT2D eigenvalue weighted by molar-refractivity contribution is 0.0946. The number of aromatic nitrogens is 3. The molecule has 0 bridgehead atoms. The van der Waals surface area contributed by atoms with Gasteiger partial charge in [-0.1, -0.05) is 0 Å². The first-order valence-electron chi connectivity index (χ1n) is 6.73. The molecule has 1 aliphatic carbocycles. The molecule has 20 heavy (non-hydrogen) atoms. The first-order chi connectivity index (χ1) is 9.81. The van der Waals surface area contributed by atoms with Crippen molar-refractivity contribution in [2.45, 2.75) is 18.9 Å². The number of nitrogens with zero attached hydrogens (tertiary/aromatic N) is 1. The van der Waals surface area contributed by atoms with Crippen molar-refractivity contribution in [1.29, 1.82) is 0 Å². The van der Waals surface area contributed by atoms with E-state index in [1.54, 1.807) is 6.20 Å². The van der Waals surface area contributed by atoms with Gasteiger partial charge in [0.05, 0.1) is 0 Å². The summed E-state index contributed by atoms with van der Waals surface area (Å²) < 4.78 is 0. The third-order valence-corrected chi connectivity index (χ3v) is 3.61. The van der Waals surface area contributed by atoms with E-state index in [9.17, 15) is 4.79 Å². The number of amides is 1. The lowest BCUT2D eigenvalue weighted by Gasteiger charge is -2.00. The number of hydrogen-bond acceptors (Lipinski definition) is 2. The topological polar surface area (TPSA) is 73.6 Å². The summed E-state index contributed by atoms with van der Waals surface area (Å²) in [7, 11) is 0. The molecule has 100 valence electrons. The maximum Gasteiger partial charge on any atom is 0.267 e. The van der Waals surface area contributed by atoms with Gasteiger partial charge in [0.1, 0.15) is 11.3 Å². The smallest absolute Gasteiger partial charge is 0.267 e. The molecule has 0 spiro atoms. The van der Waals surface area contributed by atoms with Crippen molar-refractivity contribution in [3.63, 3.8) is 0 Å². The van der Waals surface area contributed by atoms with Crippen LogP contribution < -0.4 is 5.32 Å². The van der Waals surface area contributed by atoms with E-state index in [2.05, 4.69) is 20.3 Å². The van der Waals surface area contributed by atoms with Crippen LogP contribution in [0.15, 0.2) is 36.8 Å². The van der Waals surface area contributed by atoms with Gasteiger partial charge in [-0.25, -0.2) is 4.98 Å². The number of nitrogens with one attached hydrogen (secondary N) is 3. The van der Waals surface area contributed by atoms with Gasteiger partial charge in [0.25, 0.3) is 5.91 Å². The number of pyridine rings is 1. The molecule has 1 fully saturated rings. The monoisotopic (exact) mass is 266 g/mol. The molecule has 1 saturated carbocycles. The van der Waals surface area contributed by atoms with E-state index >= 15 is 0 Å². The van der Waals surface area contributed by atoms with E-state index in [-0.39, 0.29) is 5.91 Å². The van der Waals surface area contributed by atoms with Gasteiger partial charge < -0.3 is 15.3 Å². The normalized spacial score (nSPS) is 14.6. The largest absolute Gasteiger partial charge is 0.357 e. The highest BCUT2D eigenvalue weighted by atomic mass is 16.2. The molecule has 0 atom stereocenters. The van der Waals surface area contributed by atoms with Crippen LogP contribution >= 0.6 is 0 Å². The molecule has 0 unspecified atom stereocenters. The highest BCUT2D eigenvalue weighted by molar-refractivity contribution is 5.97. The first kappa shape index (κ1) is 11.3. The zero-order valence-electron chi connectivity index (χ0n) is 10.8. The van der Waals surface area contributed by atoms with Gasteiger partial charge in [-0.3, -0.25) is 4.79 Å². The zero-order chi connectivity index (χ0) is 13.5. The van der Waals surface area contributed by atoms with E-state index in [0.717, 1.165) is 35.0 Å². The van der Waals surface area contributed by atoms with Crippen molar-refractivity contribution in [2.75, 3.05) is 0 Å². The standard InChI is InChI=1S/C15H14N4O/c20-15(19-10-1-2-10)13-7-9(8-18-13)11-3-5-16-14-12(11)4-6-17-14/h3-8,10,18H,1-2H2,(H,16,17)(H,19,20). The maximum absolute atomic E-state index is 12.0. The molecule has 5 heteroatoms. The number of H-pyrrole nitrogens is 2. The maximum atomic E-state index is 12.0. The molecule has 0 aliphatic heterocycles. The lowest BCUT2D eigenvalue weighted by Crippen LogP contribution is -2.25. The molecule has 0 aromatic carbocycles. The highest BCUT2D eigenvalue weighted by Gasteiger charge is 2.24. The highest BCUT2D eigenvalue weighted by Crippen LogP contribution is 2.27. The summed E-state index contributed by atoms with van der Waals surface area (Å²) in [6.07, 6.45) is 7.69. The van der Waals surface area contributed by atoms with Crippen LogP contribution in [-0.4, -0.2) is 26.9 Å². The van der Waals surface area contributed by atoms with Crippen LogP contribution in [0.4, 0.5) is 0 Å². The Labute approximate surface area is 115 Å². The summed E-state index contributed by atoms with van der Waals surface area (Å²) in [4.78, 5) is 22.4. The third-order valence-electron chi connectivity index (χ3n) is 3.61. The molecule has 4 rings (SSSR count). The Bertz CT molecular complexity index is 782. The van der Waals surface area contributed by atoms with Gasteiger partial charge >= 0.3 is 0 Å². The Morgan fingerprint density at radius 1 is 1.30 bits per heavy atom. The van der Waals surface area contributed by atoms with E-state index in [4.69, 9.17) is 0 Å². The van der Waals surface area contributed by atoms with E-state index in [1.807, 2.05) is 30.6 Å². The van der Waals surface area contributed by atoms with E-state index in [0.29, 0.717) is 11.7 Å². The average Bonchev–Trinajstić information content (AvgIpc) is 2.97. The molecule has 5 nitrogen and oxygen atoms in total. The molecule has 3 heterocycles. The molecule has 1 amide bonds. The van der Waals surface area contributed by atoms with Crippen LogP contribution in [0, 0.1) is 0 Å². The van der Waals surface area contributed by atoms with E-state index < -0.39 is 0 Å². The number of rotatable bonds is 3. The molecular weight excluding hydrogens is 252 g/mol. The minimum atomic E-state index is -0.0295. The van der Waals surface area contributed by atoms with Gasteiger partial charge in [-0.15, -0.1) is 0 Å². The van der Waals surface area contributed by atoms with Gasteiger partial charge in [0, 0.05) is 35.6 Å². The van der Waals surface area contributed by atoms with Crippen LogP contribution in [0.2, 0.25) is 0 Å². The number of carbonyl (C=O) groups excluding carboxylic acids is 1. The molecular formula is C15H14N4O. The third kappa shape index (κ3) is 1.87. The zero-order valence-corrected chi connectivity index (χ0v) is 10.8. The van der Waals surface area contributed by atoms with Crippen molar-refractivity contribution in [3.05, 3.63) is 42.5 Å². The van der Waals surface area contributed by atoms with Crippen molar-refractivity contribution in [2.24, 2.45) is 0 Å². The molecule has 0 saturated heterocycles. The van der Waals surface area contributed by atoms with Crippen LogP contribution in [0.3, 0.4) is 0 Å². The Hall–Kier alpha value is -2.56. The summed E-state index contributed by atoms with van der Waals surface area (Å²) in [6.45, 7) is 0. The molecule has 3 aromatic heterocycles. The number of carbonyl (C=O) groups is 1. The van der Waals surface area contributed by atoms with Gasteiger partial charge in [0.15, 0.2) is 0 Å². The van der Waals surface area contributed by atoms with Crippen LogP contribution in [0.25, 0.3) is 22.2 Å². The summed E-state index contributed by atoms with van der Waals surface area (Å²) >= 11 is 0. The van der Waals surface area contributed by atoms with Gasteiger partial charge in [0.2, 0.25) is 0 Å². The molecule has 1 aliphatic rings. The van der Waals surface area contributed by atoms with Crippen LogP contribution in [-0.2, 0) is 0 Å². The second kappa shape index (κ2) is 4.23. The Balaban J connectivity index is 1.70. The Morgan fingerprint density at radius 3 is 3.05 bits per heavy atom. The fourth-order valence-electron chi connectivity index (χ4n) is 2.38. The number of fused-ring (bicyclic) bond motifs is 1. The van der Waals surface area contributed by atoms with Crippen molar-refractivity contribution in [1.82, 2.24) is 20.3 Å². The fraction of sp³-hybridized carbons (Fsp3) is 0.200. The lowest BCUT2D eigenvalue weighted by atomic mass is 10.1. The minimum absolute atomic E-state index is 0.0295. The van der Waals surface area contributed by atoms with Crippen molar-refractivity contribution < 1.29 is 4.79 Å². The van der Waals surface area contributed by atoms with Crippen LogP contribution in [0.1, 0.15) is 23.3 Å². The quantitative estimate of drug-likeness (QED) is 0.681. The summed E-state index contributed by atoms with van der Waals surface area (Å²) in [5, 5.41) is 4.03. The second-order valence-electron chi connectivity index (χ2n) is 5.15. The molecule has 3 aromatic rings.